The highest BCUT2D eigenvalue weighted by Crippen LogP contribution is 2.28. The number of carbonyl (C=O) groups excluding carboxylic acids is 1. The Morgan fingerprint density at radius 2 is 1.87 bits per heavy atom. The molecule has 0 saturated carbocycles. The van der Waals surface area contributed by atoms with Crippen molar-refractivity contribution in [2.45, 2.75) is 19.3 Å². The second-order valence-electron chi connectivity index (χ2n) is 7.68. The van der Waals surface area contributed by atoms with Crippen molar-refractivity contribution in [1.29, 1.82) is 0 Å². The predicted octanol–water partition coefficient (Wildman–Crippen LogP) is 4.19. The number of anilines is 1. The van der Waals surface area contributed by atoms with E-state index in [0.29, 0.717) is 44.4 Å². The molecule has 3 aromatic rings. The van der Waals surface area contributed by atoms with Crippen LogP contribution in [-0.4, -0.2) is 49.1 Å². The van der Waals surface area contributed by atoms with Crippen LogP contribution in [0.5, 0.6) is 5.75 Å². The number of hydrogen-bond acceptors (Lipinski definition) is 4. The van der Waals surface area contributed by atoms with E-state index in [0.717, 1.165) is 29.5 Å². The van der Waals surface area contributed by atoms with E-state index in [1.165, 1.54) is 6.07 Å². The molecule has 0 N–H and O–H groups in total. The first-order valence-electron chi connectivity index (χ1n) is 10.4. The summed E-state index contributed by atoms with van der Waals surface area (Å²) < 4.78 is 33.1. The number of aryl methyl sites for hydroxylation is 1. The highest BCUT2D eigenvalue weighted by atomic mass is 19.1. The fourth-order valence-electron chi connectivity index (χ4n) is 4.05. The summed E-state index contributed by atoms with van der Waals surface area (Å²) in [5, 5.41) is 0.458. The molecule has 0 bridgehead atoms. The Kier molecular flexibility index (Phi) is 6.30. The first-order valence-corrected chi connectivity index (χ1v) is 10.4. The molecule has 0 unspecified atom stereocenters. The molecular formula is C24H25F2N3O2. The van der Waals surface area contributed by atoms with Crippen LogP contribution in [0.4, 0.5) is 14.5 Å². The van der Waals surface area contributed by atoms with Gasteiger partial charge in [-0.05, 0) is 42.7 Å². The zero-order valence-corrected chi connectivity index (χ0v) is 17.5. The monoisotopic (exact) mass is 425 g/mol. The third-order valence-electron chi connectivity index (χ3n) is 5.72. The number of benzene rings is 2. The number of fused-ring (bicyclic) bond motifs is 1. The number of pyridine rings is 1. The summed E-state index contributed by atoms with van der Waals surface area (Å²) in [4.78, 5) is 20.8. The molecule has 31 heavy (non-hydrogen) atoms. The molecule has 4 rings (SSSR count). The Labute approximate surface area is 180 Å². The Hall–Kier alpha value is -3.22. The van der Waals surface area contributed by atoms with Gasteiger partial charge in [-0.1, -0.05) is 12.1 Å². The number of rotatable bonds is 5. The van der Waals surface area contributed by atoms with Crippen molar-refractivity contribution in [3.05, 3.63) is 65.9 Å². The minimum Gasteiger partial charge on any atom is -0.497 e. The Morgan fingerprint density at radius 1 is 1.06 bits per heavy atom. The number of methoxy groups -OCH3 is 1. The van der Waals surface area contributed by atoms with Crippen LogP contribution in [0.2, 0.25) is 0 Å². The van der Waals surface area contributed by atoms with Gasteiger partial charge in [0.15, 0.2) is 5.82 Å². The quantitative estimate of drug-likeness (QED) is 0.615. The van der Waals surface area contributed by atoms with Crippen molar-refractivity contribution in [2.75, 3.05) is 38.2 Å². The summed E-state index contributed by atoms with van der Waals surface area (Å²) in [5.74, 6) is -0.369. The summed E-state index contributed by atoms with van der Waals surface area (Å²) in [7, 11) is 1.63. The lowest BCUT2D eigenvalue weighted by molar-refractivity contribution is -0.130. The van der Waals surface area contributed by atoms with Gasteiger partial charge in [0.05, 0.1) is 7.11 Å². The van der Waals surface area contributed by atoms with Gasteiger partial charge in [-0.25, -0.2) is 8.78 Å². The van der Waals surface area contributed by atoms with E-state index in [1.54, 1.807) is 19.4 Å². The van der Waals surface area contributed by atoms with Crippen LogP contribution >= 0.6 is 0 Å². The summed E-state index contributed by atoms with van der Waals surface area (Å²) in [5.41, 5.74) is 2.00. The maximum Gasteiger partial charge on any atom is 0.222 e. The molecule has 7 heteroatoms. The minimum atomic E-state index is -0.665. The van der Waals surface area contributed by atoms with Crippen molar-refractivity contribution >= 4 is 22.5 Å². The number of halogens is 2. The second kappa shape index (κ2) is 9.29. The van der Waals surface area contributed by atoms with Crippen LogP contribution in [-0.2, 0) is 11.2 Å². The van der Waals surface area contributed by atoms with E-state index in [-0.39, 0.29) is 11.4 Å². The maximum absolute atomic E-state index is 14.1. The fourth-order valence-corrected chi connectivity index (χ4v) is 4.05. The van der Waals surface area contributed by atoms with Gasteiger partial charge in [-0.2, -0.15) is 0 Å². The first kappa shape index (κ1) is 21.0. The van der Waals surface area contributed by atoms with Gasteiger partial charge in [-0.15, -0.1) is 0 Å². The zero-order chi connectivity index (χ0) is 21.8. The van der Waals surface area contributed by atoms with Crippen molar-refractivity contribution < 1.29 is 18.3 Å². The summed E-state index contributed by atoms with van der Waals surface area (Å²) in [6.07, 6.45) is 3.45. The van der Waals surface area contributed by atoms with Gasteiger partial charge in [0.1, 0.15) is 17.1 Å². The first-order chi connectivity index (χ1) is 15.0. The molecular weight excluding hydrogens is 400 g/mol. The number of hydrogen-bond donors (Lipinski definition) is 0. The number of aromatic nitrogens is 1. The van der Waals surface area contributed by atoms with E-state index in [4.69, 9.17) is 4.74 Å². The van der Waals surface area contributed by atoms with Gasteiger partial charge < -0.3 is 14.5 Å². The number of amides is 1. The van der Waals surface area contributed by atoms with Gasteiger partial charge >= 0.3 is 0 Å². The number of nitrogens with zero attached hydrogens (tertiary/aromatic N) is 3. The Morgan fingerprint density at radius 3 is 2.65 bits per heavy atom. The lowest BCUT2D eigenvalue weighted by Gasteiger charge is -2.25. The van der Waals surface area contributed by atoms with Crippen LogP contribution in [0.15, 0.2) is 48.7 Å². The molecule has 0 aliphatic carbocycles. The average molecular weight is 425 g/mol. The van der Waals surface area contributed by atoms with E-state index in [1.807, 2.05) is 29.2 Å². The molecule has 0 radical (unpaired) electrons. The summed E-state index contributed by atoms with van der Waals surface area (Å²) in [6.45, 7) is 2.55. The van der Waals surface area contributed by atoms with Crippen LogP contribution in [0.3, 0.4) is 0 Å². The van der Waals surface area contributed by atoms with Gasteiger partial charge in [-0.3, -0.25) is 9.78 Å². The lowest BCUT2D eigenvalue weighted by Crippen LogP contribution is -2.35. The van der Waals surface area contributed by atoms with E-state index in [2.05, 4.69) is 9.88 Å². The smallest absolute Gasteiger partial charge is 0.222 e. The van der Waals surface area contributed by atoms with Crippen molar-refractivity contribution in [2.24, 2.45) is 0 Å². The van der Waals surface area contributed by atoms with Crippen molar-refractivity contribution in [1.82, 2.24) is 9.88 Å². The third-order valence-corrected chi connectivity index (χ3v) is 5.72. The highest BCUT2D eigenvalue weighted by molar-refractivity contribution is 5.92. The molecule has 1 fully saturated rings. The topological polar surface area (TPSA) is 45.7 Å². The van der Waals surface area contributed by atoms with E-state index >= 15 is 0 Å². The average Bonchev–Trinajstić information content (AvgIpc) is 3.04. The normalized spacial score (nSPS) is 14.5. The predicted molar refractivity (Wildman–Crippen MR) is 116 cm³/mol. The molecule has 0 atom stereocenters. The van der Waals surface area contributed by atoms with E-state index in [9.17, 15) is 13.6 Å². The summed E-state index contributed by atoms with van der Waals surface area (Å²) in [6, 6.07) is 11.7. The molecule has 1 saturated heterocycles. The molecule has 1 aromatic heterocycles. The van der Waals surface area contributed by atoms with Crippen LogP contribution in [0.1, 0.15) is 18.4 Å². The standard InChI is InChI=1S/C24H25F2N3O2/c1-31-19-6-3-17(4-7-19)5-8-23(30)29-12-2-11-28(13-14-29)22-9-10-27-24-20(22)15-18(25)16-21(24)26/h3-4,6-7,9-10,15-16H,2,5,8,11-14H2,1H3. The van der Waals surface area contributed by atoms with Gasteiger partial charge in [0.25, 0.3) is 0 Å². The van der Waals surface area contributed by atoms with E-state index < -0.39 is 11.6 Å². The molecule has 2 heterocycles. The zero-order valence-electron chi connectivity index (χ0n) is 17.5. The molecule has 5 nitrogen and oxygen atoms in total. The molecule has 1 aliphatic rings. The second-order valence-corrected chi connectivity index (χ2v) is 7.68. The largest absolute Gasteiger partial charge is 0.497 e. The maximum atomic E-state index is 14.1. The molecule has 162 valence electrons. The van der Waals surface area contributed by atoms with Crippen LogP contribution in [0, 0.1) is 11.6 Å². The lowest BCUT2D eigenvalue weighted by atomic mass is 10.1. The minimum absolute atomic E-state index is 0.120. The Balaban J connectivity index is 1.41. The SMILES string of the molecule is COc1ccc(CCC(=O)N2CCCN(c3ccnc4c(F)cc(F)cc34)CC2)cc1. The molecule has 0 spiro atoms. The highest BCUT2D eigenvalue weighted by Gasteiger charge is 2.21. The van der Waals surface area contributed by atoms with Crippen molar-refractivity contribution in [3.8, 4) is 5.75 Å². The fraction of sp³-hybridized carbons (Fsp3) is 0.333. The molecule has 2 aromatic carbocycles. The van der Waals surface area contributed by atoms with Crippen LogP contribution < -0.4 is 9.64 Å². The van der Waals surface area contributed by atoms with Gasteiger partial charge in [0, 0.05) is 55.9 Å². The summed E-state index contributed by atoms with van der Waals surface area (Å²) >= 11 is 0. The van der Waals surface area contributed by atoms with Crippen molar-refractivity contribution in [3.63, 3.8) is 0 Å². The molecule has 1 aliphatic heterocycles. The molecule has 1 amide bonds. The Bertz CT molecular complexity index is 1070. The van der Waals surface area contributed by atoms with Crippen LogP contribution in [0.25, 0.3) is 10.9 Å². The number of ether oxygens (including phenoxy) is 1. The third kappa shape index (κ3) is 4.76. The van der Waals surface area contributed by atoms with Gasteiger partial charge in [0.2, 0.25) is 5.91 Å². The number of carbonyl (C=O) groups is 1.